The second-order valence-corrected chi connectivity index (χ2v) is 5.55. The van der Waals surface area contributed by atoms with Crippen LogP contribution in [0, 0.1) is 5.92 Å². The molecule has 1 aliphatic rings. The summed E-state index contributed by atoms with van der Waals surface area (Å²) in [5.74, 6) is 0.713. The van der Waals surface area contributed by atoms with E-state index in [0.29, 0.717) is 18.5 Å². The molecule has 1 aromatic rings. The lowest BCUT2D eigenvalue weighted by molar-refractivity contribution is -0.133. The maximum Gasteiger partial charge on any atom is 0.230 e. The van der Waals surface area contributed by atoms with Crippen molar-refractivity contribution in [3.8, 4) is 0 Å². The normalized spacial score (nSPS) is 23.2. The minimum atomic E-state index is -0.0137. The van der Waals surface area contributed by atoms with Gasteiger partial charge in [0.25, 0.3) is 0 Å². The molecule has 1 fully saturated rings. The third kappa shape index (κ3) is 3.53. The van der Waals surface area contributed by atoms with E-state index in [9.17, 15) is 4.79 Å². The Morgan fingerprint density at radius 1 is 1.40 bits per heavy atom. The molecule has 2 N–H and O–H groups in total. The molecule has 1 aromatic carbocycles. The summed E-state index contributed by atoms with van der Waals surface area (Å²) in [5, 5.41) is 0. The van der Waals surface area contributed by atoms with Gasteiger partial charge in [-0.25, -0.2) is 0 Å². The summed E-state index contributed by atoms with van der Waals surface area (Å²) in [7, 11) is 0. The third-order valence-corrected chi connectivity index (χ3v) is 4.19. The van der Waals surface area contributed by atoms with Crippen LogP contribution in [0.3, 0.4) is 0 Å². The number of hydrogen-bond donors (Lipinski definition) is 1. The maximum atomic E-state index is 12.7. The van der Waals surface area contributed by atoms with E-state index < -0.39 is 0 Å². The van der Waals surface area contributed by atoms with Crippen molar-refractivity contribution in [2.75, 3.05) is 13.1 Å². The Morgan fingerprint density at radius 2 is 2.05 bits per heavy atom. The molecule has 0 spiro atoms. The molecular formula is C16H25ClN2O. The number of amides is 1. The summed E-state index contributed by atoms with van der Waals surface area (Å²) >= 11 is 0. The minimum absolute atomic E-state index is 0. The molecular weight excluding hydrogens is 272 g/mol. The quantitative estimate of drug-likeness (QED) is 0.929. The van der Waals surface area contributed by atoms with Crippen molar-refractivity contribution in [3.63, 3.8) is 0 Å². The van der Waals surface area contributed by atoms with Crippen molar-refractivity contribution < 1.29 is 4.79 Å². The Labute approximate surface area is 127 Å². The summed E-state index contributed by atoms with van der Waals surface area (Å²) in [4.78, 5) is 14.8. The number of nitrogens with zero attached hydrogens (tertiary/aromatic N) is 1. The molecule has 0 radical (unpaired) electrons. The van der Waals surface area contributed by atoms with Gasteiger partial charge in [-0.05, 0) is 37.8 Å². The fourth-order valence-corrected chi connectivity index (χ4v) is 3.06. The molecule has 4 heteroatoms. The highest BCUT2D eigenvalue weighted by molar-refractivity contribution is 5.85. The van der Waals surface area contributed by atoms with E-state index in [2.05, 4.69) is 13.8 Å². The molecule has 20 heavy (non-hydrogen) atoms. The summed E-state index contributed by atoms with van der Waals surface area (Å²) in [6.45, 7) is 5.71. The molecule has 1 saturated heterocycles. The van der Waals surface area contributed by atoms with E-state index in [-0.39, 0.29) is 24.2 Å². The molecule has 3 nitrogen and oxygen atoms in total. The average molecular weight is 297 g/mol. The van der Waals surface area contributed by atoms with E-state index in [1.165, 1.54) is 0 Å². The molecule has 112 valence electrons. The number of hydrogen-bond acceptors (Lipinski definition) is 2. The first kappa shape index (κ1) is 17.0. The second-order valence-electron chi connectivity index (χ2n) is 5.55. The van der Waals surface area contributed by atoms with E-state index >= 15 is 0 Å². The number of carbonyl (C=O) groups is 1. The lowest BCUT2D eigenvalue weighted by Gasteiger charge is -2.26. The standard InChI is InChI=1S/C16H24N2O.ClH/c1-3-15(14-7-5-4-6-8-14)16(19)18-11-13(10-17)9-12(18)2;/h4-8,12-13,15H,3,9-11,17H2,1-2H3;1H. The van der Waals surface area contributed by atoms with Crippen LogP contribution < -0.4 is 5.73 Å². The molecule has 3 unspecified atom stereocenters. The SMILES string of the molecule is CCC(C(=O)N1CC(CN)CC1C)c1ccccc1.Cl. The third-order valence-electron chi connectivity index (χ3n) is 4.19. The first-order valence-electron chi connectivity index (χ1n) is 7.22. The van der Waals surface area contributed by atoms with Gasteiger partial charge in [0.1, 0.15) is 0 Å². The van der Waals surface area contributed by atoms with Gasteiger partial charge >= 0.3 is 0 Å². The summed E-state index contributed by atoms with van der Waals surface area (Å²) in [6.07, 6.45) is 1.88. The first-order valence-corrected chi connectivity index (χ1v) is 7.22. The van der Waals surface area contributed by atoms with Crippen LogP contribution in [0.15, 0.2) is 30.3 Å². The van der Waals surface area contributed by atoms with Gasteiger partial charge in [-0.2, -0.15) is 0 Å². The number of likely N-dealkylation sites (tertiary alicyclic amines) is 1. The van der Waals surface area contributed by atoms with Crippen molar-refractivity contribution >= 4 is 18.3 Å². The van der Waals surface area contributed by atoms with Gasteiger partial charge in [-0.1, -0.05) is 37.3 Å². The van der Waals surface area contributed by atoms with Crippen LogP contribution in [0.1, 0.15) is 38.2 Å². The van der Waals surface area contributed by atoms with Crippen LogP contribution in [0.25, 0.3) is 0 Å². The zero-order valence-corrected chi connectivity index (χ0v) is 13.1. The van der Waals surface area contributed by atoms with Gasteiger partial charge in [0.05, 0.1) is 5.92 Å². The zero-order chi connectivity index (χ0) is 13.8. The minimum Gasteiger partial charge on any atom is -0.339 e. The topological polar surface area (TPSA) is 46.3 Å². The molecule has 0 saturated carbocycles. The van der Waals surface area contributed by atoms with E-state index in [0.717, 1.165) is 24.9 Å². The van der Waals surface area contributed by atoms with Gasteiger partial charge in [0.15, 0.2) is 0 Å². The van der Waals surface area contributed by atoms with Crippen molar-refractivity contribution in [2.45, 2.75) is 38.6 Å². The zero-order valence-electron chi connectivity index (χ0n) is 12.3. The monoisotopic (exact) mass is 296 g/mol. The Hall–Kier alpha value is -1.06. The van der Waals surface area contributed by atoms with Crippen LogP contribution in [-0.2, 0) is 4.79 Å². The molecule has 0 aromatic heterocycles. The molecule has 1 amide bonds. The highest BCUT2D eigenvalue weighted by atomic mass is 35.5. The summed E-state index contributed by atoms with van der Waals surface area (Å²) in [6, 6.07) is 10.4. The summed E-state index contributed by atoms with van der Waals surface area (Å²) in [5.41, 5.74) is 6.86. The van der Waals surface area contributed by atoms with E-state index in [1.807, 2.05) is 35.2 Å². The fraction of sp³-hybridized carbons (Fsp3) is 0.562. The Bertz CT molecular complexity index is 424. The Balaban J connectivity index is 0.00000200. The van der Waals surface area contributed by atoms with Gasteiger partial charge in [-0.15, -0.1) is 12.4 Å². The number of carbonyl (C=O) groups excluding carboxylic acids is 1. The van der Waals surface area contributed by atoms with E-state index in [1.54, 1.807) is 0 Å². The van der Waals surface area contributed by atoms with Gasteiger partial charge in [0.2, 0.25) is 5.91 Å². The smallest absolute Gasteiger partial charge is 0.230 e. The first-order chi connectivity index (χ1) is 9.17. The second kappa shape index (κ2) is 7.65. The Morgan fingerprint density at radius 3 is 2.55 bits per heavy atom. The molecule has 1 heterocycles. The Kier molecular flexibility index (Phi) is 6.50. The molecule has 0 bridgehead atoms. The summed E-state index contributed by atoms with van der Waals surface area (Å²) < 4.78 is 0. The predicted octanol–water partition coefficient (Wildman–Crippen LogP) is 2.80. The van der Waals surface area contributed by atoms with Crippen LogP contribution in [0.4, 0.5) is 0 Å². The van der Waals surface area contributed by atoms with Gasteiger partial charge in [-0.3, -0.25) is 4.79 Å². The highest BCUT2D eigenvalue weighted by Crippen LogP contribution is 2.28. The van der Waals surface area contributed by atoms with Gasteiger partial charge in [0, 0.05) is 12.6 Å². The predicted molar refractivity (Wildman–Crippen MR) is 85.1 cm³/mol. The molecule has 2 rings (SSSR count). The van der Waals surface area contributed by atoms with Gasteiger partial charge < -0.3 is 10.6 Å². The lowest BCUT2D eigenvalue weighted by Crippen LogP contribution is -2.37. The lowest BCUT2D eigenvalue weighted by atomic mass is 9.95. The van der Waals surface area contributed by atoms with Crippen molar-refractivity contribution in [2.24, 2.45) is 11.7 Å². The highest BCUT2D eigenvalue weighted by Gasteiger charge is 2.34. The molecule has 3 atom stereocenters. The van der Waals surface area contributed by atoms with Crippen LogP contribution in [-0.4, -0.2) is 29.9 Å². The fourth-order valence-electron chi connectivity index (χ4n) is 3.06. The number of halogens is 1. The molecule has 0 aliphatic carbocycles. The largest absolute Gasteiger partial charge is 0.339 e. The van der Waals surface area contributed by atoms with Crippen molar-refractivity contribution in [1.29, 1.82) is 0 Å². The van der Waals surface area contributed by atoms with E-state index in [4.69, 9.17) is 5.73 Å². The number of benzene rings is 1. The van der Waals surface area contributed by atoms with Crippen LogP contribution in [0.5, 0.6) is 0 Å². The van der Waals surface area contributed by atoms with Crippen molar-refractivity contribution in [3.05, 3.63) is 35.9 Å². The van der Waals surface area contributed by atoms with Crippen molar-refractivity contribution in [1.82, 2.24) is 4.90 Å². The number of rotatable bonds is 4. The number of nitrogens with two attached hydrogens (primary N) is 1. The molecule has 1 aliphatic heterocycles. The van der Waals surface area contributed by atoms with Crippen LogP contribution in [0.2, 0.25) is 0 Å². The van der Waals surface area contributed by atoms with Crippen LogP contribution >= 0.6 is 12.4 Å². The average Bonchev–Trinajstić information content (AvgIpc) is 2.82. The maximum absolute atomic E-state index is 12.7.